The summed E-state index contributed by atoms with van der Waals surface area (Å²) in [5.74, 6) is 7.06. The number of carbonyl (C=O) groups excluding carboxylic acids is 1. The summed E-state index contributed by atoms with van der Waals surface area (Å²) >= 11 is 1.38. The molecular weight excluding hydrogens is 330 g/mol. The molecule has 7 nitrogen and oxygen atoms in total. The van der Waals surface area contributed by atoms with Gasteiger partial charge >= 0.3 is 6.03 Å². The highest BCUT2D eigenvalue weighted by molar-refractivity contribution is 7.22. The molecule has 2 aliphatic heterocycles. The minimum absolute atomic E-state index is 0.182. The predicted octanol–water partition coefficient (Wildman–Crippen LogP) is 1.35. The fraction of sp³-hybridized carbons (Fsp3) is 0.375. The van der Waals surface area contributed by atoms with Gasteiger partial charge < -0.3 is 19.9 Å². The molecule has 1 fully saturated rings. The Balaban J connectivity index is 1.80. The molecule has 0 saturated carbocycles. The van der Waals surface area contributed by atoms with E-state index in [1.54, 1.807) is 6.92 Å². The molecule has 0 radical (unpaired) electrons. The number of hydrogen-bond donors (Lipinski definition) is 2. The van der Waals surface area contributed by atoms with Gasteiger partial charge in [0.25, 0.3) is 0 Å². The van der Waals surface area contributed by atoms with Gasteiger partial charge in [-0.1, -0.05) is 17.3 Å². The molecule has 3 heterocycles. The normalized spacial score (nSPS) is 22.2. The fourth-order valence-electron chi connectivity index (χ4n) is 2.87. The lowest BCUT2D eigenvalue weighted by Crippen LogP contribution is -2.37. The van der Waals surface area contributed by atoms with Crippen LogP contribution >= 0.6 is 11.3 Å². The van der Waals surface area contributed by atoms with Crippen LogP contribution in [0.15, 0.2) is 12.1 Å². The minimum atomic E-state index is -0.457. The molecule has 1 saturated heterocycles. The minimum Gasteiger partial charge on any atom is -0.486 e. The molecule has 2 atom stereocenters. The highest BCUT2D eigenvalue weighted by Gasteiger charge is 2.40. The van der Waals surface area contributed by atoms with Crippen LogP contribution in [0.5, 0.6) is 11.5 Å². The summed E-state index contributed by atoms with van der Waals surface area (Å²) in [6, 6.07) is 2.54. The first-order valence-corrected chi connectivity index (χ1v) is 8.36. The monoisotopic (exact) mass is 345 g/mol. The number of ether oxygens (including phenoxy) is 2. The summed E-state index contributed by atoms with van der Waals surface area (Å²) in [4.78, 5) is 18.4. The molecule has 0 unspecified atom stereocenters. The van der Waals surface area contributed by atoms with Crippen molar-refractivity contribution < 1.29 is 19.4 Å². The standard InChI is InChI=1S/C16H15N3O4S/c1-2-3-10-9(8-20)17-15(21)19(10)16-18-13-12(24-16)5-4-11-14(13)23-7-6-22-11/h4-5,9-10,20H,6-8H2,1H3,(H,17,21)/t9-,10+/m0/s1. The number of nitrogens with one attached hydrogen (secondary N) is 1. The Morgan fingerprint density at radius 2 is 2.29 bits per heavy atom. The molecule has 1 aromatic carbocycles. The van der Waals surface area contributed by atoms with Crippen LogP contribution in [-0.2, 0) is 0 Å². The first-order valence-electron chi connectivity index (χ1n) is 7.55. The highest BCUT2D eigenvalue weighted by atomic mass is 32.1. The average Bonchev–Trinajstić information content (AvgIpc) is 3.16. The van der Waals surface area contributed by atoms with Gasteiger partial charge in [0.15, 0.2) is 16.6 Å². The maximum absolute atomic E-state index is 12.3. The van der Waals surface area contributed by atoms with Gasteiger partial charge in [-0.15, -0.1) is 5.92 Å². The second-order valence-corrected chi connectivity index (χ2v) is 6.39. The van der Waals surface area contributed by atoms with Gasteiger partial charge in [-0.05, 0) is 19.1 Å². The van der Waals surface area contributed by atoms with Crippen LogP contribution in [0.3, 0.4) is 0 Å². The Bertz CT molecular complexity index is 869. The molecule has 8 heteroatoms. The summed E-state index contributed by atoms with van der Waals surface area (Å²) < 4.78 is 12.2. The third-order valence-corrected chi connectivity index (χ3v) is 4.96. The molecule has 4 rings (SSSR count). The summed E-state index contributed by atoms with van der Waals surface area (Å²) in [5.41, 5.74) is 0.677. The van der Waals surface area contributed by atoms with E-state index in [1.165, 1.54) is 16.2 Å². The van der Waals surface area contributed by atoms with E-state index in [4.69, 9.17) is 9.47 Å². The SMILES string of the molecule is CC#C[C@@H]1[C@H](CO)NC(=O)N1c1nc2c3c(ccc2s1)OCCO3. The summed E-state index contributed by atoms with van der Waals surface area (Å²) in [7, 11) is 0. The molecule has 2 N–H and O–H groups in total. The number of hydrogen-bond acceptors (Lipinski definition) is 6. The van der Waals surface area contributed by atoms with Gasteiger partial charge in [-0.2, -0.15) is 0 Å². The lowest BCUT2D eigenvalue weighted by atomic mass is 10.1. The van der Waals surface area contributed by atoms with Gasteiger partial charge in [-0.25, -0.2) is 9.78 Å². The number of aliphatic hydroxyl groups is 1. The van der Waals surface area contributed by atoms with E-state index in [-0.39, 0.29) is 12.6 Å². The molecule has 24 heavy (non-hydrogen) atoms. The van der Waals surface area contributed by atoms with Crippen LogP contribution in [0.2, 0.25) is 0 Å². The first kappa shape index (κ1) is 15.1. The zero-order chi connectivity index (χ0) is 16.7. The summed E-state index contributed by atoms with van der Waals surface area (Å²) in [6.07, 6.45) is 0. The van der Waals surface area contributed by atoms with Crippen molar-refractivity contribution in [1.82, 2.24) is 10.3 Å². The zero-order valence-electron chi connectivity index (χ0n) is 12.9. The Kier molecular flexibility index (Phi) is 3.67. The van der Waals surface area contributed by atoms with Crippen LogP contribution in [0.25, 0.3) is 10.2 Å². The van der Waals surface area contributed by atoms with E-state index >= 15 is 0 Å². The van der Waals surface area contributed by atoms with Gasteiger partial charge in [-0.3, -0.25) is 4.90 Å². The van der Waals surface area contributed by atoms with E-state index in [0.717, 1.165) is 4.70 Å². The van der Waals surface area contributed by atoms with Crippen LogP contribution in [-0.4, -0.2) is 48.0 Å². The lowest BCUT2D eigenvalue weighted by Gasteiger charge is -2.18. The Morgan fingerprint density at radius 1 is 1.46 bits per heavy atom. The Labute approximate surface area is 142 Å². The van der Waals surface area contributed by atoms with Crippen molar-refractivity contribution in [3.63, 3.8) is 0 Å². The molecule has 124 valence electrons. The van der Waals surface area contributed by atoms with Crippen molar-refractivity contribution in [2.75, 3.05) is 24.7 Å². The van der Waals surface area contributed by atoms with Crippen LogP contribution in [0.1, 0.15) is 6.92 Å². The smallest absolute Gasteiger partial charge is 0.325 e. The number of aromatic nitrogens is 1. The summed E-state index contributed by atoms with van der Waals surface area (Å²) in [5, 5.41) is 12.7. The van der Waals surface area contributed by atoms with Crippen molar-refractivity contribution in [2.45, 2.75) is 19.0 Å². The maximum Gasteiger partial charge on any atom is 0.325 e. The third kappa shape index (κ3) is 2.25. The average molecular weight is 345 g/mol. The van der Waals surface area contributed by atoms with Gasteiger partial charge in [0, 0.05) is 0 Å². The van der Waals surface area contributed by atoms with Gasteiger partial charge in [0.2, 0.25) is 0 Å². The highest BCUT2D eigenvalue weighted by Crippen LogP contribution is 2.42. The Morgan fingerprint density at radius 3 is 3.08 bits per heavy atom. The number of rotatable bonds is 2. The molecular formula is C16H15N3O4S. The molecule has 2 aliphatic rings. The van der Waals surface area contributed by atoms with Crippen molar-refractivity contribution in [3.8, 4) is 23.3 Å². The number of anilines is 1. The second kappa shape index (κ2) is 5.85. The number of amides is 2. The molecule has 0 aliphatic carbocycles. The number of fused-ring (bicyclic) bond motifs is 3. The Hall–Kier alpha value is -2.50. The quantitative estimate of drug-likeness (QED) is 0.803. The third-order valence-electron chi connectivity index (χ3n) is 3.94. The van der Waals surface area contributed by atoms with Crippen LogP contribution in [0, 0.1) is 11.8 Å². The van der Waals surface area contributed by atoms with E-state index in [0.29, 0.717) is 35.4 Å². The molecule has 1 aromatic heterocycles. The van der Waals surface area contributed by atoms with Crippen molar-refractivity contribution >= 4 is 32.7 Å². The number of carbonyl (C=O) groups is 1. The number of nitrogens with zero attached hydrogens (tertiary/aromatic N) is 2. The first-order chi connectivity index (χ1) is 11.7. The fourth-order valence-corrected chi connectivity index (χ4v) is 3.87. The van der Waals surface area contributed by atoms with E-state index in [2.05, 4.69) is 22.1 Å². The van der Waals surface area contributed by atoms with Gasteiger partial charge in [0.05, 0.1) is 17.3 Å². The predicted molar refractivity (Wildman–Crippen MR) is 89.7 cm³/mol. The molecule has 0 spiro atoms. The number of thiazole rings is 1. The van der Waals surface area contributed by atoms with Crippen molar-refractivity contribution in [3.05, 3.63) is 12.1 Å². The maximum atomic E-state index is 12.3. The zero-order valence-corrected chi connectivity index (χ0v) is 13.7. The molecule has 2 aromatic rings. The van der Waals surface area contributed by atoms with Crippen LogP contribution < -0.4 is 19.7 Å². The number of urea groups is 1. The second-order valence-electron chi connectivity index (χ2n) is 5.38. The van der Waals surface area contributed by atoms with E-state index in [9.17, 15) is 9.90 Å². The van der Waals surface area contributed by atoms with Crippen molar-refractivity contribution in [2.24, 2.45) is 0 Å². The topological polar surface area (TPSA) is 83.9 Å². The molecule has 0 bridgehead atoms. The summed E-state index contributed by atoms with van der Waals surface area (Å²) in [6.45, 7) is 2.50. The van der Waals surface area contributed by atoms with E-state index in [1.807, 2.05) is 12.1 Å². The largest absolute Gasteiger partial charge is 0.486 e. The van der Waals surface area contributed by atoms with Gasteiger partial charge in [0.1, 0.15) is 24.8 Å². The lowest BCUT2D eigenvalue weighted by molar-refractivity contribution is 0.173. The number of aliphatic hydroxyl groups excluding tert-OH is 1. The molecule has 2 amide bonds. The number of benzene rings is 1. The van der Waals surface area contributed by atoms with E-state index < -0.39 is 12.1 Å². The van der Waals surface area contributed by atoms with Crippen molar-refractivity contribution in [1.29, 1.82) is 0 Å². The van der Waals surface area contributed by atoms with Crippen LogP contribution in [0.4, 0.5) is 9.93 Å².